The number of amides is 1. The molecule has 0 bridgehead atoms. The second-order valence-corrected chi connectivity index (χ2v) is 10.4. The van der Waals surface area contributed by atoms with Gasteiger partial charge in [-0.2, -0.15) is 57.6 Å². The monoisotopic (exact) mass is 558 g/mol. The highest BCUT2D eigenvalue weighted by Gasteiger charge is 2.09. The Kier molecular flexibility index (Phi) is 38.2. The molecule has 4 unspecified atom stereocenters. The number of carbonyl (C=O) groups excluding carboxylic acids is 1. The van der Waals surface area contributed by atoms with Gasteiger partial charge in [0.05, 0.1) is 24.2 Å². The summed E-state index contributed by atoms with van der Waals surface area (Å²) in [5.74, 6) is 2.22. The Morgan fingerprint density at radius 2 is 1.15 bits per heavy atom. The Balaban J connectivity index is -0.000000177. The normalized spacial score (nSPS) is 12.9. The van der Waals surface area contributed by atoms with Crippen LogP contribution in [0, 0.1) is 22.7 Å². The molecule has 0 saturated carbocycles. The number of carbonyl (C=O) groups is 2. The second kappa shape index (κ2) is 32.2. The number of aliphatic hydroxyl groups excluding tert-OH is 1. The molecule has 0 aromatic rings. The fourth-order valence-corrected chi connectivity index (χ4v) is 3.29. The molecular weight excluding hydrogens is 517 g/mol. The van der Waals surface area contributed by atoms with E-state index in [1.165, 1.54) is 0 Å². The fourth-order valence-electron chi connectivity index (χ4n) is 1.36. The minimum Gasteiger partial charge on any atom is -0.480 e. The predicted octanol–water partition coefficient (Wildman–Crippen LogP) is 0.918. The van der Waals surface area contributed by atoms with E-state index in [1.54, 1.807) is 53.1 Å². The van der Waals surface area contributed by atoms with Crippen molar-refractivity contribution in [2.45, 2.75) is 49.9 Å². The summed E-state index contributed by atoms with van der Waals surface area (Å²) in [6.45, 7) is 0. The van der Waals surface area contributed by atoms with E-state index in [0.717, 1.165) is 29.4 Å². The van der Waals surface area contributed by atoms with Crippen LogP contribution in [0.25, 0.3) is 0 Å². The molecular formula is C20H42N6O4S4. The molecule has 0 saturated heterocycles. The first-order valence-corrected chi connectivity index (χ1v) is 15.8. The number of nitriles is 2. The van der Waals surface area contributed by atoms with Crippen molar-refractivity contribution >= 4 is 58.9 Å². The van der Waals surface area contributed by atoms with E-state index in [2.05, 4.69) is 0 Å². The lowest BCUT2D eigenvalue weighted by molar-refractivity contribution is -0.138. The van der Waals surface area contributed by atoms with Crippen molar-refractivity contribution in [1.82, 2.24) is 0 Å². The standard InChI is InChI=1S/C5H12N2OS.C5H10N2S.C5H11NO2S.C5H9NOS/c1-9-3-2-4(6)5(7)8;1-8-3-2-5(7)4-6;1-9-3-2-4(6)5(7)8;1-8-3-2-5(7)4-6/h4H,2-3,6H2,1H3,(H2,7,8);5H,2-3,7H2,1H3;4H,2-3,6H2,1H3,(H,7,8);5,7H,2-3H2,1H3. The third-order valence-electron chi connectivity index (χ3n) is 3.49. The van der Waals surface area contributed by atoms with Crippen molar-refractivity contribution in [1.29, 1.82) is 10.5 Å². The lowest BCUT2D eigenvalue weighted by Gasteiger charge is -2.03. The minimum atomic E-state index is -0.913. The highest BCUT2D eigenvalue weighted by molar-refractivity contribution is 7.99. The molecule has 0 aliphatic rings. The molecule has 0 aliphatic heterocycles. The first kappa shape index (κ1) is 40.3. The summed E-state index contributed by atoms with van der Waals surface area (Å²) in [7, 11) is 0. The maximum absolute atomic E-state index is 10.3. The van der Waals surface area contributed by atoms with Crippen LogP contribution in [0.15, 0.2) is 0 Å². The Bertz CT molecular complexity index is 516. The Morgan fingerprint density at radius 1 is 0.765 bits per heavy atom. The molecule has 0 rings (SSSR count). The van der Waals surface area contributed by atoms with Gasteiger partial charge in [-0.15, -0.1) is 0 Å². The van der Waals surface area contributed by atoms with Crippen LogP contribution in [0.5, 0.6) is 0 Å². The summed E-state index contributed by atoms with van der Waals surface area (Å²) >= 11 is 6.61. The van der Waals surface area contributed by atoms with E-state index in [0.29, 0.717) is 19.3 Å². The van der Waals surface area contributed by atoms with E-state index in [1.807, 2.05) is 31.1 Å². The fraction of sp³-hybridized carbons (Fsp3) is 0.800. The second-order valence-electron chi connectivity index (χ2n) is 6.46. The molecule has 0 radical (unpaired) electrons. The third kappa shape index (κ3) is 38.4. The van der Waals surface area contributed by atoms with E-state index < -0.39 is 30.1 Å². The minimum absolute atomic E-state index is 0.262. The first-order chi connectivity index (χ1) is 16.0. The van der Waals surface area contributed by atoms with Gasteiger partial charge in [-0.3, -0.25) is 9.59 Å². The van der Waals surface area contributed by atoms with Gasteiger partial charge in [0.2, 0.25) is 5.91 Å². The summed E-state index contributed by atoms with van der Waals surface area (Å²) in [6.07, 6.45) is 9.70. The van der Waals surface area contributed by atoms with E-state index >= 15 is 0 Å². The zero-order valence-electron chi connectivity index (χ0n) is 20.5. The van der Waals surface area contributed by atoms with Crippen molar-refractivity contribution in [3.05, 3.63) is 0 Å². The molecule has 0 spiro atoms. The molecule has 0 aromatic heterocycles. The predicted molar refractivity (Wildman–Crippen MR) is 150 cm³/mol. The molecule has 0 aliphatic carbocycles. The van der Waals surface area contributed by atoms with Crippen LogP contribution >= 0.6 is 47.0 Å². The van der Waals surface area contributed by atoms with Gasteiger partial charge >= 0.3 is 5.97 Å². The molecule has 200 valence electrons. The number of aliphatic hydroxyl groups is 1. The summed E-state index contributed by atoms with van der Waals surface area (Å²) in [6, 6.07) is 2.30. The summed E-state index contributed by atoms with van der Waals surface area (Å²) in [5.41, 5.74) is 20.7. The summed E-state index contributed by atoms with van der Waals surface area (Å²) in [5, 5.41) is 33.1. The number of carboxylic acid groups (broad SMARTS) is 1. The number of hydrogen-bond donors (Lipinski definition) is 6. The molecule has 10 N–H and O–H groups in total. The van der Waals surface area contributed by atoms with Crippen LogP contribution in [0.4, 0.5) is 0 Å². The molecule has 10 nitrogen and oxygen atoms in total. The number of hydrogen-bond acceptors (Lipinski definition) is 12. The zero-order valence-corrected chi connectivity index (χ0v) is 23.8. The van der Waals surface area contributed by atoms with Crippen LogP contribution in [0.2, 0.25) is 0 Å². The van der Waals surface area contributed by atoms with Gasteiger partial charge in [0, 0.05) is 0 Å². The first-order valence-electron chi connectivity index (χ1n) is 10.2. The lowest BCUT2D eigenvalue weighted by atomic mass is 10.2. The number of aliphatic carboxylic acids is 1. The highest BCUT2D eigenvalue weighted by Crippen LogP contribution is 1.99. The van der Waals surface area contributed by atoms with Crippen LogP contribution < -0.4 is 22.9 Å². The van der Waals surface area contributed by atoms with Crippen LogP contribution in [-0.4, -0.2) is 94.4 Å². The van der Waals surface area contributed by atoms with E-state index in [-0.39, 0.29) is 6.04 Å². The Morgan fingerprint density at radius 3 is 1.47 bits per heavy atom. The number of carboxylic acids is 1. The van der Waals surface area contributed by atoms with Gasteiger partial charge in [-0.05, 0) is 73.7 Å². The Hall–Kier alpha value is -0.840. The largest absolute Gasteiger partial charge is 0.480 e. The number of nitrogens with zero attached hydrogens (tertiary/aromatic N) is 2. The van der Waals surface area contributed by atoms with Gasteiger partial charge in [-0.1, -0.05) is 0 Å². The van der Waals surface area contributed by atoms with Gasteiger partial charge in [0.1, 0.15) is 12.1 Å². The van der Waals surface area contributed by atoms with E-state index in [4.69, 9.17) is 43.7 Å². The highest BCUT2D eigenvalue weighted by atomic mass is 32.2. The maximum Gasteiger partial charge on any atom is 0.320 e. The average Bonchev–Trinajstić information content (AvgIpc) is 2.83. The lowest BCUT2D eigenvalue weighted by Crippen LogP contribution is -2.36. The van der Waals surface area contributed by atoms with Crippen molar-refractivity contribution in [3.8, 4) is 12.1 Å². The Labute approximate surface area is 221 Å². The number of thioether (sulfide) groups is 4. The summed E-state index contributed by atoms with van der Waals surface area (Å²) in [4.78, 5) is 20.4. The van der Waals surface area contributed by atoms with E-state index in [9.17, 15) is 9.59 Å². The van der Waals surface area contributed by atoms with Crippen molar-refractivity contribution in [3.63, 3.8) is 0 Å². The third-order valence-corrected chi connectivity index (χ3v) is 6.07. The average molecular weight is 559 g/mol. The molecule has 34 heavy (non-hydrogen) atoms. The van der Waals surface area contributed by atoms with Crippen molar-refractivity contribution < 1.29 is 19.8 Å². The molecule has 0 fully saturated rings. The SMILES string of the molecule is CSCCC(N)C#N.CSCCC(N)C(=O)O.CSCCC(N)C(N)=O.CSCCC(O)C#N. The van der Waals surface area contributed by atoms with Gasteiger partial charge in [0.25, 0.3) is 0 Å². The number of nitrogens with two attached hydrogens (primary N) is 4. The van der Waals surface area contributed by atoms with Gasteiger partial charge in [0.15, 0.2) is 0 Å². The smallest absolute Gasteiger partial charge is 0.320 e. The molecule has 1 amide bonds. The molecule has 0 heterocycles. The molecule has 14 heteroatoms. The van der Waals surface area contributed by atoms with Crippen LogP contribution in [-0.2, 0) is 9.59 Å². The van der Waals surface area contributed by atoms with Crippen LogP contribution in [0.1, 0.15) is 25.7 Å². The van der Waals surface area contributed by atoms with Crippen LogP contribution in [0.3, 0.4) is 0 Å². The van der Waals surface area contributed by atoms with Gasteiger partial charge < -0.3 is 33.1 Å². The molecule has 4 atom stereocenters. The van der Waals surface area contributed by atoms with Crippen molar-refractivity contribution in [2.75, 3.05) is 48.0 Å². The summed E-state index contributed by atoms with van der Waals surface area (Å²) < 4.78 is 0. The maximum atomic E-state index is 10.3. The number of primary amides is 1. The van der Waals surface area contributed by atoms with Gasteiger partial charge in [-0.25, -0.2) is 0 Å². The zero-order chi connectivity index (χ0) is 27.4. The quantitative estimate of drug-likeness (QED) is 0.163. The number of rotatable bonds is 14. The molecule has 0 aromatic carbocycles. The van der Waals surface area contributed by atoms with Crippen molar-refractivity contribution in [2.24, 2.45) is 22.9 Å². The topological polar surface area (TPSA) is 226 Å².